The van der Waals surface area contributed by atoms with Gasteiger partial charge in [0.1, 0.15) is 0 Å². The predicted octanol–water partition coefficient (Wildman–Crippen LogP) is 6.37. The highest BCUT2D eigenvalue weighted by Crippen LogP contribution is 2.39. The van der Waals surface area contributed by atoms with Crippen molar-refractivity contribution in [3.8, 4) is 0 Å². The Kier molecular flexibility index (Phi) is 4.11. The monoisotopic (exact) mass is 362 g/mol. The van der Waals surface area contributed by atoms with Crippen LogP contribution in [0.3, 0.4) is 0 Å². The summed E-state index contributed by atoms with van der Waals surface area (Å²) in [7, 11) is 0. The molecule has 1 aromatic carbocycles. The number of hydrogen-bond acceptors (Lipinski definition) is 2. The second kappa shape index (κ2) is 5.84. The maximum absolute atomic E-state index is 3.52. The van der Waals surface area contributed by atoms with Crippen molar-refractivity contribution in [2.24, 2.45) is 0 Å². The highest BCUT2D eigenvalue weighted by molar-refractivity contribution is 9.10. The van der Waals surface area contributed by atoms with Crippen molar-refractivity contribution in [1.82, 2.24) is 0 Å². The molecule has 0 bridgehead atoms. The fourth-order valence-electron chi connectivity index (χ4n) is 2.34. The molecule has 0 atom stereocenters. The van der Waals surface area contributed by atoms with Crippen LogP contribution in [0.4, 0.5) is 0 Å². The van der Waals surface area contributed by atoms with Gasteiger partial charge in [0.25, 0.3) is 0 Å². The minimum atomic E-state index is 0.362. The molecule has 3 aromatic rings. The highest BCUT2D eigenvalue weighted by atomic mass is 79.9. The standard InChI is InChI=1S/C17H15BrS2/c1-11-3-9-15(19-11)17(16-10-4-12(2)20-16)13-5-7-14(18)8-6-13/h3-10,17H,1-2H3. The van der Waals surface area contributed by atoms with Gasteiger partial charge in [-0.3, -0.25) is 0 Å². The second-order valence-electron chi connectivity index (χ2n) is 4.88. The molecule has 3 rings (SSSR count). The van der Waals surface area contributed by atoms with Gasteiger partial charge >= 0.3 is 0 Å². The predicted molar refractivity (Wildman–Crippen MR) is 93.2 cm³/mol. The minimum Gasteiger partial charge on any atom is -0.145 e. The molecule has 0 amide bonds. The summed E-state index contributed by atoms with van der Waals surface area (Å²) in [4.78, 5) is 5.59. The molecule has 102 valence electrons. The van der Waals surface area contributed by atoms with E-state index in [0.29, 0.717) is 5.92 Å². The third-order valence-corrected chi connectivity index (χ3v) is 5.95. The zero-order valence-electron chi connectivity index (χ0n) is 11.4. The summed E-state index contributed by atoms with van der Waals surface area (Å²) in [6.45, 7) is 4.35. The first-order valence-electron chi connectivity index (χ1n) is 6.51. The first-order chi connectivity index (χ1) is 9.63. The molecular formula is C17H15BrS2. The average Bonchev–Trinajstić information content (AvgIpc) is 3.02. The Morgan fingerprint density at radius 2 is 1.25 bits per heavy atom. The lowest BCUT2D eigenvalue weighted by molar-refractivity contribution is 1.03. The Bertz CT molecular complexity index is 666. The molecule has 0 fully saturated rings. The Morgan fingerprint density at radius 1 is 0.750 bits per heavy atom. The first kappa shape index (κ1) is 14.1. The Labute approximate surface area is 136 Å². The molecule has 0 saturated heterocycles. The zero-order valence-corrected chi connectivity index (χ0v) is 14.6. The van der Waals surface area contributed by atoms with E-state index in [2.05, 4.69) is 78.3 Å². The van der Waals surface area contributed by atoms with Crippen LogP contribution >= 0.6 is 38.6 Å². The summed E-state index contributed by atoms with van der Waals surface area (Å²) in [6, 6.07) is 17.7. The molecule has 20 heavy (non-hydrogen) atoms. The number of thiophene rings is 2. The molecule has 2 heterocycles. The number of benzene rings is 1. The van der Waals surface area contributed by atoms with Gasteiger partial charge < -0.3 is 0 Å². The molecule has 2 aromatic heterocycles. The molecule has 3 heteroatoms. The van der Waals surface area contributed by atoms with E-state index in [1.54, 1.807) is 0 Å². The Balaban J connectivity index is 2.10. The van der Waals surface area contributed by atoms with Crippen LogP contribution in [0.15, 0.2) is 53.0 Å². The van der Waals surface area contributed by atoms with E-state index in [-0.39, 0.29) is 0 Å². The van der Waals surface area contributed by atoms with E-state index >= 15 is 0 Å². The molecule has 0 aliphatic heterocycles. The molecule has 0 nitrogen and oxygen atoms in total. The van der Waals surface area contributed by atoms with Gasteiger partial charge in [0.2, 0.25) is 0 Å². The van der Waals surface area contributed by atoms with Crippen LogP contribution in [0.5, 0.6) is 0 Å². The van der Waals surface area contributed by atoms with Gasteiger partial charge in [-0.25, -0.2) is 0 Å². The zero-order chi connectivity index (χ0) is 14.1. The van der Waals surface area contributed by atoms with Crippen molar-refractivity contribution in [2.45, 2.75) is 19.8 Å². The fourth-order valence-corrected chi connectivity index (χ4v) is 4.73. The van der Waals surface area contributed by atoms with Crippen LogP contribution in [0, 0.1) is 13.8 Å². The number of halogens is 1. The van der Waals surface area contributed by atoms with Crippen molar-refractivity contribution < 1.29 is 0 Å². The summed E-state index contributed by atoms with van der Waals surface area (Å²) in [5, 5.41) is 0. The molecule has 0 unspecified atom stereocenters. The minimum absolute atomic E-state index is 0.362. The lowest BCUT2D eigenvalue weighted by atomic mass is 9.96. The van der Waals surface area contributed by atoms with E-state index in [1.165, 1.54) is 25.1 Å². The molecule has 0 aliphatic rings. The van der Waals surface area contributed by atoms with Crippen LogP contribution in [0.2, 0.25) is 0 Å². The largest absolute Gasteiger partial charge is 0.145 e. The van der Waals surface area contributed by atoms with Crippen LogP contribution < -0.4 is 0 Å². The van der Waals surface area contributed by atoms with E-state index in [9.17, 15) is 0 Å². The maximum Gasteiger partial charge on any atom is 0.0527 e. The summed E-state index contributed by atoms with van der Waals surface area (Å²) in [5.74, 6) is 0.362. The lowest BCUT2D eigenvalue weighted by Gasteiger charge is -2.14. The van der Waals surface area contributed by atoms with Gasteiger partial charge in [-0.05, 0) is 55.8 Å². The molecule has 0 radical (unpaired) electrons. The summed E-state index contributed by atoms with van der Waals surface area (Å²) in [5.41, 5.74) is 1.36. The van der Waals surface area contributed by atoms with Crippen LogP contribution in [-0.4, -0.2) is 0 Å². The van der Waals surface area contributed by atoms with Gasteiger partial charge in [-0.2, -0.15) is 0 Å². The van der Waals surface area contributed by atoms with Crippen LogP contribution in [-0.2, 0) is 0 Å². The van der Waals surface area contributed by atoms with E-state index < -0.39 is 0 Å². The highest BCUT2D eigenvalue weighted by Gasteiger charge is 2.19. The fraction of sp³-hybridized carbons (Fsp3) is 0.176. The molecule has 0 N–H and O–H groups in total. The molecule has 0 aliphatic carbocycles. The lowest BCUT2D eigenvalue weighted by Crippen LogP contribution is -1.98. The number of aryl methyl sites for hydroxylation is 2. The van der Waals surface area contributed by atoms with Crippen LogP contribution in [0.25, 0.3) is 0 Å². The van der Waals surface area contributed by atoms with Crippen molar-refractivity contribution >= 4 is 38.6 Å². The third kappa shape index (κ3) is 2.90. The second-order valence-corrected chi connectivity index (χ2v) is 8.44. The van der Waals surface area contributed by atoms with Gasteiger partial charge in [0, 0.05) is 24.0 Å². The van der Waals surface area contributed by atoms with Gasteiger partial charge in [-0.15, -0.1) is 22.7 Å². The van der Waals surface area contributed by atoms with Gasteiger partial charge in [0.05, 0.1) is 5.92 Å². The van der Waals surface area contributed by atoms with Gasteiger partial charge in [0.15, 0.2) is 0 Å². The van der Waals surface area contributed by atoms with E-state index in [0.717, 1.165) is 4.47 Å². The Hall–Kier alpha value is -0.900. The SMILES string of the molecule is Cc1ccc(C(c2ccc(Br)cc2)c2ccc(C)s2)s1. The smallest absolute Gasteiger partial charge is 0.0527 e. The van der Waals surface area contributed by atoms with Gasteiger partial charge in [-0.1, -0.05) is 28.1 Å². The van der Waals surface area contributed by atoms with Crippen molar-refractivity contribution in [3.05, 3.63) is 78.1 Å². The normalized spacial score (nSPS) is 11.2. The molecule has 0 spiro atoms. The Morgan fingerprint density at radius 3 is 1.65 bits per heavy atom. The van der Waals surface area contributed by atoms with Crippen molar-refractivity contribution in [3.63, 3.8) is 0 Å². The van der Waals surface area contributed by atoms with Crippen LogP contribution in [0.1, 0.15) is 31.0 Å². The quantitative estimate of drug-likeness (QED) is 0.507. The average molecular weight is 363 g/mol. The summed E-state index contributed by atoms with van der Waals surface area (Å²) < 4.78 is 1.13. The molecular weight excluding hydrogens is 348 g/mol. The molecule has 0 saturated carbocycles. The number of hydrogen-bond donors (Lipinski definition) is 0. The van der Waals surface area contributed by atoms with E-state index in [1.807, 2.05) is 22.7 Å². The topological polar surface area (TPSA) is 0 Å². The first-order valence-corrected chi connectivity index (χ1v) is 8.94. The van der Waals surface area contributed by atoms with Crippen molar-refractivity contribution in [2.75, 3.05) is 0 Å². The van der Waals surface area contributed by atoms with Crippen molar-refractivity contribution in [1.29, 1.82) is 0 Å². The summed E-state index contributed by atoms with van der Waals surface area (Å²) in [6.07, 6.45) is 0. The third-order valence-electron chi connectivity index (χ3n) is 3.29. The summed E-state index contributed by atoms with van der Waals surface area (Å²) >= 11 is 7.31. The maximum atomic E-state index is 3.52. The number of rotatable bonds is 3. The van der Waals surface area contributed by atoms with E-state index in [4.69, 9.17) is 0 Å².